The number of aryl methyl sites for hydroxylation is 2. The minimum absolute atomic E-state index is 0.0377. The Morgan fingerprint density at radius 3 is 2.16 bits per heavy atom. The maximum atomic E-state index is 12.6. The number of hydrogen-bond donors (Lipinski definition) is 1. The molecule has 1 N–H and O–H groups in total. The van der Waals surface area contributed by atoms with E-state index >= 15 is 0 Å². The van der Waals surface area contributed by atoms with E-state index in [4.69, 9.17) is 9.47 Å². The summed E-state index contributed by atoms with van der Waals surface area (Å²) in [5, 5.41) is 2.73. The Balaban J connectivity index is 1.29. The van der Waals surface area contributed by atoms with E-state index in [1.165, 1.54) is 5.56 Å². The summed E-state index contributed by atoms with van der Waals surface area (Å²) in [6.07, 6.45) is 0.0377. The fraction of sp³-hybridized carbons (Fsp3) is 0.323. The second-order valence-electron chi connectivity index (χ2n) is 10.7. The van der Waals surface area contributed by atoms with Gasteiger partial charge in [0.05, 0.1) is 5.92 Å². The lowest BCUT2D eigenvalue weighted by Crippen LogP contribution is -2.28. The van der Waals surface area contributed by atoms with E-state index in [1.807, 2.05) is 38.1 Å². The lowest BCUT2D eigenvalue weighted by atomic mass is 9.87. The first kappa shape index (κ1) is 26.9. The molecule has 0 saturated carbocycles. The molecule has 1 aliphatic rings. The Hall–Kier alpha value is -4.13. The zero-order valence-electron chi connectivity index (χ0n) is 22.5. The quantitative estimate of drug-likeness (QED) is 0.395. The molecule has 2 amide bonds. The fourth-order valence-corrected chi connectivity index (χ4v) is 4.24. The molecule has 198 valence electrons. The van der Waals surface area contributed by atoms with Crippen LogP contribution < -0.4 is 15.0 Å². The number of nitrogens with zero attached hydrogens (tertiary/aromatic N) is 1. The van der Waals surface area contributed by atoms with Crippen molar-refractivity contribution >= 4 is 29.2 Å². The topological polar surface area (TPSA) is 84.9 Å². The third-order valence-corrected chi connectivity index (χ3v) is 6.70. The van der Waals surface area contributed by atoms with Crippen LogP contribution >= 0.6 is 0 Å². The number of anilines is 2. The van der Waals surface area contributed by atoms with E-state index in [0.717, 1.165) is 16.9 Å². The third-order valence-electron chi connectivity index (χ3n) is 6.70. The van der Waals surface area contributed by atoms with Crippen molar-refractivity contribution in [3.05, 3.63) is 83.4 Å². The third kappa shape index (κ3) is 6.59. The second kappa shape index (κ2) is 11.1. The van der Waals surface area contributed by atoms with Crippen LogP contribution in [0.3, 0.4) is 0 Å². The van der Waals surface area contributed by atoms with Crippen molar-refractivity contribution in [1.29, 1.82) is 0 Å². The van der Waals surface area contributed by atoms with Gasteiger partial charge in [-0.05, 0) is 84.5 Å². The molecule has 3 aromatic rings. The average Bonchev–Trinajstić information content (AvgIpc) is 3.27. The average molecular weight is 515 g/mol. The monoisotopic (exact) mass is 514 g/mol. The highest BCUT2D eigenvalue weighted by atomic mass is 16.5. The van der Waals surface area contributed by atoms with Crippen molar-refractivity contribution < 1.29 is 23.9 Å². The Morgan fingerprint density at radius 2 is 1.55 bits per heavy atom. The number of nitrogens with one attached hydrogen (secondary N) is 1. The van der Waals surface area contributed by atoms with Gasteiger partial charge in [0.1, 0.15) is 11.5 Å². The van der Waals surface area contributed by atoms with E-state index in [2.05, 4.69) is 38.2 Å². The Morgan fingerprint density at radius 1 is 0.921 bits per heavy atom. The molecule has 1 atom stereocenters. The molecule has 1 heterocycles. The van der Waals surface area contributed by atoms with Crippen LogP contribution in [-0.2, 0) is 24.5 Å². The highest BCUT2D eigenvalue weighted by Crippen LogP contribution is 2.30. The van der Waals surface area contributed by atoms with Gasteiger partial charge in [0.25, 0.3) is 5.91 Å². The molecule has 38 heavy (non-hydrogen) atoms. The summed E-state index contributed by atoms with van der Waals surface area (Å²) in [6, 6.07) is 20.7. The van der Waals surface area contributed by atoms with Gasteiger partial charge in [0.2, 0.25) is 5.91 Å². The Kier molecular flexibility index (Phi) is 7.86. The zero-order chi connectivity index (χ0) is 27.4. The largest absolute Gasteiger partial charge is 0.457 e. The van der Waals surface area contributed by atoms with Gasteiger partial charge in [-0.15, -0.1) is 0 Å². The van der Waals surface area contributed by atoms with Crippen molar-refractivity contribution in [1.82, 2.24) is 0 Å². The molecule has 0 spiro atoms. The van der Waals surface area contributed by atoms with Crippen LogP contribution in [-0.4, -0.2) is 30.9 Å². The van der Waals surface area contributed by atoms with Gasteiger partial charge in [-0.2, -0.15) is 0 Å². The Bertz CT molecular complexity index is 1320. The van der Waals surface area contributed by atoms with Crippen molar-refractivity contribution in [2.45, 2.75) is 46.5 Å². The molecular weight excluding hydrogens is 480 g/mol. The maximum absolute atomic E-state index is 12.6. The molecule has 0 unspecified atom stereocenters. The first-order valence-corrected chi connectivity index (χ1v) is 12.7. The van der Waals surface area contributed by atoms with Crippen molar-refractivity contribution in [2.75, 3.05) is 23.4 Å². The predicted molar refractivity (Wildman–Crippen MR) is 148 cm³/mol. The summed E-state index contributed by atoms with van der Waals surface area (Å²) in [4.78, 5) is 39.0. The first-order chi connectivity index (χ1) is 18.0. The molecule has 0 aliphatic carbocycles. The molecular formula is C31H34N2O5. The summed E-state index contributed by atoms with van der Waals surface area (Å²) in [6.45, 7) is 10.2. The van der Waals surface area contributed by atoms with Crippen LogP contribution in [0.1, 0.15) is 43.9 Å². The zero-order valence-corrected chi connectivity index (χ0v) is 22.5. The number of esters is 1. The van der Waals surface area contributed by atoms with Crippen LogP contribution in [0.5, 0.6) is 11.5 Å². The van der Waals surface area contributed by atoms with Crippen molar-refractivity contribution in [3.8, 4) is 11.5 Å². The van der Waals surface area contributed by atoms with Crippen molar-refractivity contribution in [3.63, 3.8) is 0 Å². The highest BCUT2D eigenvalue weighted by molar-refractivity contribution is 6.00. The number of benzene rings is 3. The molecule has 0 bridgehead atoms. The maximum Gasteiger partial charge on any atom is 0.311 e. The summed E-state index contributed by atoms with van der Waals surface area (Å²) >= 11 is 0. The molecule has 7 nitrogen and oxygen atoms in total. The van der Waals surface area contributed by atoms with Crippen LogP contribution in [0, 0.1) is 19.8 Å². The van der Waals surface area contributed by atoms with Gasteiger partial charge < -0.3 is 19.7 Å². The van der Waals surface area contributed by atoms with E-state index in [9.17, 15) is 14.4 Å². The lowest BCUT2D eigenvalue weighted by Gasteiger charge is -2.19. The standard InChI is InChI=1S/C31H34N2O5/c1-20-6-9-24(16-21(20)2)32-28(34)19-37-30(36)22-17-29(35)33(18-22)25-10-14-27(15-11-25)38-26-12-7-23(8-13-26)31(3,4)5/h6-16,22H,17-19H2,1-5H3,(H,32,34)/t22-/m0/s1. The highest BCUT2D eigenvalue weighted by Gasteiger charge is 2.36. The van der Waals surface area contributed by atoms with Crippen molar-refractivity contribution in [2.24, 2.45) is 5.92 Å². The Labute approximate surface area is 223 Å². The first-order valence-electron chi connectivity index (χ1n) is 12.7. The number of hydrogen-bond acceptors (Lipinski definition) is 5. The van der Waals surface area contributed by atoms with Gasteiger partial charge in [-0.1, -0.05) is 39.0 Å². The van der Waals surface area contributed by atoms with Crippen LogP contribution in [0.15, 0.2) is 66.7 Å². The van der Waals surface area contributed by atoms with Gasteiger partial charge in [0.15, 0.2) is 6.61 Å². The molecule has 0 radical (unpaired) electrons. The van der Waals surface area contributed by atoms with Gasteiger partial charge >= 0.3 is 5.97 Å². The fourth-order valence-electron chi connectivity index (χ4n) is 4.24. The molecule has 1 fully saturated rings. The number of amides is 2. The van der Waals surface area contributed by atoms with E-state index < -0.39 is 24.4 Å². The van der Waals surface area contributed by atoms with Crippen LogP contribution in [0.2, 0.25) is 0 Å². The number of ether oxygens (including phenoxy) is 2. The molecule has 7 heteroatoms. The van der Waals surface area contributed by atoms with Gasteiger partial charge in [-0.3, -0.25) is 14.4 Å². The van der Waals surface area contributed by atoms with Crippen LogP contribution in [0.4, 0.5) is 11.4 Å². The van der Waals surface area contributed by atoms with Gasteiger partial charge in [-0.25, -0.2) is 0 Å². The minimum atomic E-state index is -0.630. The van der Waals surface area contributed by atoms with E-state index in [-0.39, 0.29) is 24.3 Å². The SMILES string of the molecule is Cc1ccc(NC(=O)COC(=O)[C@H]2CC(=O)N(c3ccc(Oc4ccc(C(C)(C)C)cc4)cc3)C2)cc1C. The number of carbonyl (C=O) groups is 3. The summed E-state index contributed by atoms with van der Waals surface area (Å²) in [5.41, 5.74) is 4.79. The van der Waals surface area contributed by atoms with Gasteiger partial charge in [0, 0.05) is 24.3 Å². The van der Waals surface area contributed by atoms with Crippen LogP contribution in [0.25, 0.3) is 0 Å². The summed E-state index contributed by atoms with van der Waals surface area (Å²) in [7, 11) is 0. The summed E-state index contributed by atoms with van der Waals surface area (Å²) < 4.78 is 11.2. The summed E-state index contributed by atoms with van der Waals surface area (Å²) in [5.74, 6) is -0.407. The van der Waals surface area contributed by atoms with E-state index in [0.29, 0.717) is 17.1 Å². The van der Waals surface area contributed by atoms with E-state index in [1.54, 1.807) is 35.2 Å². The predicted octanol–water partition coefficient (Wildman–Crippen LogP) is 5.93. The molecule has 3 aromatic carbocycles. The second-order valence-corrected chi connectivity index (χ2v) is 10.7. The lowest BCUT2D eigenvalue weighted by molar-refractivity contribution is -0.151. The molecule has 4 rings (SSSR count). The molecule has 0 aromatic heterocycles. The smallest absolute Gasteiger partial charge is 0.311 e. The normalized spacial score (nSPS) is 15.3. The molecule has 1 saturated heterocycles. The minimum Gasteiger partial charge on any atom is -0.457 e. The molecule has 1 aliphatic heterocycles. The number of rotatable bonds is 7. The number of carbonyl (C=O) groups excluding carboxylic acids is 3.